The Kier molecular flexibility index (Phi) is 5.55. The Morgan fingerprint density at radius 2 is 1.93 bits per heavy atom. The van der Waals surface area contributed by atoms with E-state index < -0.39 is 0 Å². The molecule has 1 saturated heterocycles. The van der Waals surface area contributed by atoms with Crippen LogP contribution in [0.25, 0.3) is 17.0 Å². The summed E-state index contributed by atoms with van der Waals surface area (Å²) in [7, 11) is 2.09. The second-order valence-corrected chi connectivity index (χ2v) is 7.79. The summed E-state index contributed by atoms with van der Waals surface area (Å²) in [4.78, 5) is 17.1. The van der Waals surface area contributed by atoms with Crippen molar-refractivity contribution in [2.24, 2.45) is 0 Å². The first-order valence-electron chi connectivity index (χ1n) is 10.1. The zero-order chi connectivity index (χ0) is 21.3. The van der Waals surface area contributed by atoms with Crippen LogP contribution in [-0.4, -0.2) is 54.2 Å². The van der Waals surface area contributed by atoms with Gasteiger partial charge < -0.3 is 15.1 Å². The number of aromatic nitrogens is 2. The fourth-order valence-corrected chi connectivity index (χ4v) is 3.76. The molecule has 4 rings (SSSR count). The summed E-state index contributed by atoms with van der Waals surface area (Å²) >= 11 is 0. The number of halogens is 1. The summed E-state index contributed by atoms with van der Waals surface area (Å²) in [5.41, 5.74) is 4.59. The second kappa shape index (κ2) is 8.28. The Hall–Kier alpha value is -3.19. The van der Waals surface area contributed by atoms with Crippen LogP contribution in [0.5, 0.6) is 0 Å². The van der Waals surface area contributed by atoms with Gasteiger partial charge in [0.15, 0.2) is 0 Å². The van der Waals surface area contributed by atoms with Gasteiger partial charge in [0, 0.05) is 43.2 Å². The maximum absolute atomic E-state index is 14.2. The van der Waals surface area contributed by atoms with Gasteiger partial charge in [0.2, 0.25) is 5.91 Å². The number of nitrogens with one attached hydrogen (secondary N) is 2. The molecular weight excluding hydrogens is 381 g/mol. The lowest BCUT2D eigenvalue weighted by Crippen LogP contribution is -2.44. The molecule has 30 heavy (non-hydrogen) atoms. The summed E-state index contributed by atoms with van der Waals surface area (Å²) in [6, 6.07) is 9.09. The van der Waals surface area contributed by atoms with Gasteiger partial charge in [-0.25, -0.2) is 4.39 Å². The van der Waals surface area contributed by atoms with Crippen molar-refractivity contribution in [2.45, 2.75) is 13.8 Å². The normalized spacial score (nSPS) is 15.3. The van der Waals surface area contributed by atoms with Crippen LogP contribution in [0.15, 0.2) is 36.4 Å². The Morgan fingerprint density at radius 1 is 1.17 bits per heavy atom. The molecule has 1 fully saturated rings. The van der Waals surface area contributed by atoms with E-state index >= 15 is 0 Å². The van der Waals surface area contributed by atoms with Crippen LogP contribution in [0.1, 0.15) is 16.8 Å². The zero-order valence-electron chi connectivity index (χ0n) is 17.5. The van der Waals surface area contributed by atoms with E-state index in [1.54, 1.807) is 19.1 Å². The third kappa shape index (κ3) is 4.07. The number of hydrogen-bond acceptors (Lipinski definition) is 4. The second-order valence-electron chi connectivity index (χ2n) is 7.79. The molecule has 0 radical (unpaired) electrons. The lowest BCUT2D eigenvalue weighted by Gasteiger charge is -2.35. The molecule has 0 bridgehead atoms. The highest BCUT2D eigenvalue weighted by molar-refractivity contribution is 6.04. The van der Waals surface area contributed by atoms with Gasteiger partial charge in [0.1, 0.15) is 5.82 Å². The molecular formula is C23H26FN5O. The molecule has 1 aliphatic heterocycles. The van der Waals surface area contributed by atoms with E-state index in [-0.39, 0.29) is 11.7 Å². The van der Waals surface area contributed by atoms with E-state index in [4.69, 9.17) is 0 Å². The predicted octanol–water partition coefficient (Wildman–Crippen LogP) is 3.72. The highest BCUT2D eigenvalue weighted by Crippen LogP contribution is 2.32. The van der Waals surface area contributed by atoms with Crippen molar-refractivity contribution < 1.29 is 9.18 Å². The van der Waals surface area contributed by atoms with Crippen molar-refractivity contribution in [1.29, 1.82) is 0 Å². The molecule has 1 aliphatic rings. The van der Waals surface area contributed by atoms with Crippen LogP contribution in [0, 0.1) is 19.7 Å². The highest BCUT2D eigenvalue weighted by Gasteiger charge is 2.20. The lowest BCUT2D eigenvalue weighted by atomic mass is 10.1. The first-order chi connectivity index (χ1) is 14.4. The van der Waals surface area contributed by atoms with E-state index in [1.807, 2.05) is 25.1 Å². The predicted molar refractivity (Wildman–Crippen MR) is 119 cm³/mol. The highest BCUT2D eigenvalue weighted by atomic mass is 19.1. The zero-order valence-corrected chi connectivity index (χ0v) is 17.5. The molecule has 3 aromatic rings. The monoisotopic (exact) mass is 407 g/mol. The molecule has 0 saturated carbocycles. The van der Waals surface area contributed by atoms with Gasteiger partial charge in [-0.05, 0) is 50.7 Å². The Morgan fingerprint density at radius 3 is 2.70 bits per heavy atom. The lowest BCUT2D eigenvalue weighted by molar-refractivity contribution is -0.111. The maximum atomic E-state index is 14.2. The number of rotatable bonds is 4. The number of aromatic amines is 1. The topological polar surface area (TPSA) is 64.3 Å². The molecule has 2 heterocycles. The van der Waals surface area contributed by atoms with Gasteiger partial charge in [-0.1, -0.05) is 12.1 Å². The first kappa shape index (κ1) is 20.1. The number of piperazine rings is 1. The minimum Gasteiger partial charge on any atom is -0.367 e. The van der Waals surface area contributed by atoms with Crippen LogP contribution in [0.4, 0.5) is 15.8 Å². The summed E-state index contributed by atoms with van der Waals surface area (Å²) in [5, 5.41) is 11.1. The number of anilines is 2. The van der Waals surface area contributed by atoms with Crippen LogP contribution in [-0.2, 0) is 4.79 Å². The third-order valence-corrected chi connectivity index (χ3v) is 5.67. The van der Waals surface area contributed by atoms with Gasteiger partial charge in [-0.15, -0.1) is 0 Å². The van der Waals surface area contributed by atoms with Crippen LogP contribution < -0.4 is 10.2 Å². The van der Waals surface area contributed by atoms with Gasteiger partial charge in [0.25, 0.3) is 0 Å². The Labute approximate surface area is 175 Å². The number of H-pyrrole nitrogens is 1. The molecule has 0 aliphatic carbocycles. The molecule has 2 aromatic carbocycles. The number of likely N-dealkylation sites (N-methyl/N-ethyl adjacent to an activating group) is 1. The average molecular weight is 407 g/mol. The standard InChI is InChI=1S/C23H26FN5O/c1-15-19(24)7-8-21(29-12-10-28(3)11-13-29)23(15)25-22(30)9-5-17-4-6-18-16(2)26-27-20(18)14-17/h4-9,14H,10-13H2,1-3H3,(H,25,30)(H,26,27)/b9-5+. The molecule has 0 spiro atoms. The van der Waals surface area contributed by atoms with E-state index in [0.717, 1.165) is 54.0 Å². The molecule has 2 N–H and O–H groups in total. The molecule has 6 nitrogen and oxygen atoms in total. The van der Waals surface area contributed by atoms with Crippen molar-refractivity contribution in [3.05, 3.63) is 59.0 Å². The number of fused-ring (bicyclic) bond motifs is 1. The molecule has 7 heteroatoms. The number of hydrogen-bond donors (Lipinski definition) is 2. The van der Waals surface area contributed by atoms with Crippen molar-refractivity contribution in [3.8, 4) is 0 Å². The van der Waals surface area contributed by atoms with Crippen molar-refractivity contribution in [1.82, 2.24) is 15.1 Å². The molecule has 156 valence electrons. The summed E-state index contributed by atoms with van der Waals surface area (Å²) in [6.45, 7) is 7.18. The van der Waals surface area contributed by atoms with Crippen LogP contribution in [0.3, 0.4) is 0 Å². The number of carbonyl (C=O) groups excluding carboxylic acids is 1. The van der Waals surface area contributed by atoms with Crippen LogP contribution >= 0.6 is 0 Å². The molecule has 1 aromatic heterocycles. The SMILES string of the molecule is Cc1c(F)ccc(N2CCN(C)CC2)c1NC(=O)/C=C/c1ccc2c(C)n[nH]c2c1. The largest absolute Gasteiger partial charge is 0.367 e. The molecule has 1 amide bonds. The van der Waals surface area contributed by atoms with E-state index in [2.05, 4.69) is 32.4 Å². The number of amides is 1. The third-order valence-electron chi connectivity index (χ3n) is 5.67. The smallest absolute Gasteiger partial charge is 0.248 e. The molecule has 0 unspecified atom stereocenters. The van der Waals surface area contributed by atoms with Crippen molar-refractivity contribution in [2.75, 3.05) is 43.4 Å². The fraction of sp³-hybridized carbons (Fsp3) is 0.304. The number of carbonyl (C=O) groups is 1. The summed E-state index contributed by atoms with van der Waals surface area (Å²) in [5.74, 6) is -0.618. The molecule has 0 atom stereocenters. The van der Waals surface area contributed by atoms with E-state index in [0.29, 0.717) is 11.3 Å². The van der Waals surface area contributed by atoms with Crippen molar-refractivity contribution in [3.63, 3.8) is 0 Å². The summed E-state index contributed by atoms with van der Waals surface area (Å²) < 4.78 is 14.2. The van der Waals surface area contributed by atoms with Gasteiger partial charge >= 0.3 is 0 Å². The number of nitrogens with zero attached hydrogens (tertiary/aromatic N) is 3. The summed E-state index contributed by atoms with van der Waals surface area (Å²) in [6.07, 6.45) is 3.22. The number of aryl methyl sites for hydroxylation is 1. The maximum Gasteiger partial charge on any atom is 0.248 e. The fourth-order valence-electron chi connectivity index (χ4n) is 3.76. The van der Waals surface area contributed by atoms with Gasteiger partial charge in [-0.3, -0.25) is 9.89 Å². The van der Waals surface area contributed by atoms with Gasteiger partial charge in [0.05, 0.1) is 22.6 Å². The Bertz CT molecular complexity index is 1110. The quantitative estimate of drug-likeness (QED) is 0.647. The minimum atomic E-state index is -0.327. The van der Waals surface area contributed by atoms with Crippen molar-refractivity contribution >= 4 is 34.3 Å². The van der Waals surface area contributed by atoms with E-state index in [1.165, 1.54) is 12.1 Å². The average Bonchev–Trinajstić information content (AvgIpc) is 3.11. The van der Waals surface area contributed by atoms with E-state index in [9.17, 15) is 9.18 Å². The Balaban J connectivity index is 1.54. The van der Waals surface area contributed by atoms with Crippen LogP contribution in [0.2, 0.25) is 0 Å². The minimum absolute atomic E-state index is 0.292. The van der Waals surface area contributed by atoms with Gasteiger partial charge in [-0.2, -0.15) is 5.10 Å². The first-order valence-corrected chi connectivity index (χ1v) is 10.1. The number of benzene rings is 2.